The molecule has 0 bridgehead atoms. The van der Waals surface area contributed by atoms with Crippen LogP contribution in [0.5, 0.6) is 5.75 Å². The number of nitrogens with one attached hydrogen (secondary N) is 1. The Morgan fingerprint density at radius 3 is 2.62 bits per heavy atom. The van der Waals surface area contributed by atoms with Crippen molar-refractivity contribution in [3.05, 3.63) is 77.0 Å². The highest BCUT2D eigenvalue weighted by Gasteiger charge is 2.25. The first kappa shape index (κ1) is 19.7. The Morgan fingerprint density at radius 1 is 1.14 bits per heavy atom. The molecule has 152 valence electrons. The summed E-state index contributed by atoms with van der Waals surface area (Å²) < 4.78 is 5.83. The molecule has 2 aromatic carbocycles. The van der Waals surface area contributed by atoms with Gasteiger partial charge in [-0.3, -0.25) is 9.69 Å². The van der Waals surface area contributed by atoms with Crippen LogP contribution >= 0.6 is 0 Å². The molecular formula is C24H28N2O3. The largest absolute Gasteiger partial charge is 0.493 e. The van der Waals surface area contributed by atoms with Crippen LogP contribution in [-0.2, 0) is 19.6 Å². The number of fused-ring (bicyclic) bond motifs is 1. The lowest BCUT2D eigenvalue weighted by Crippen LogP contribution is -2.34. The standard InChI is InChI=1S/C24H28N2O3/c1-17(15-27)25-11-18-2-4-19(5-3-18)12-26-13-21-8-9-22(29-16-20-6-7-20)10-23(21)24(28)14-26/h2-5,8-10,20,25,27H,1,6-7,11-16H2. The lowest BCUT2D eigenvalue weighted by Gasteiger charge is -2.28. The van der Waals surface area contributed by atoms with E-state index in [4.69, 9.17) is 9.84 Å². The van der Waals surface area contributed by atoms with Crippen LogP contribution in [0.3, 0.4) is 0 Å². The molecule has 2 aromatic rings. The van der Waals surface area contributed by atoms with Crippen molar-refractivity contribution < 1.29 is 14.6 Å². The highest BCUT2D eigenvalue weighted by Crippen LogP contribution is 2.30. The van der Waals surface area contributed by atoms with Gasteiger partial charge in [0, 0.05) is 30.9 Å². The van der Waals surface area contributed by atoms with E-state index in [0.717, 1.165) is 42.1 Å². The molecule has 0 amide bonds. The van der Waals surface area contributed by atoms with Crippen LogP contribution in [0.4, 0.5) is 0 Å². The van der Waals surface area contributed by atoms with E-state index in [1.54, 1.807) is 0 Å². The third-order valence-corrected chi connectivity index (χ3v) is 5.49. The highest BCUT2D eigenvalue weighted by atomic mass is 16.5. The molecule has 0 saturated heterocycles. The Kier molecular flexibility index (Phi) is 5.97. The van der Waals surface area contributed by atoms with Gasteiger partial charge in [-0.25, -0.2) is 0 Å². The van der Waals surface area contributed by atoms with E-state index >= 15 is 0 Å². The van der Waals surface area contributed by atoms with E-state index < -0.39 is 0 Å². The van der Waals surface area contributed by atoms with Gasteiger partial charge in [-0.05, 0) is 47.6 Å². The smallest absolute Gasteiger partial charge is 0.177 e. The normalized spacial score (nSPS) is 16.4. The quantitative estimate of drug-likeness (QED) is 0.686. The molecule has 1 aliphatic heterocycles. The Morgan fingerprint density at radius 2 is 1.90 bits per heavy atom. The van der Waals surface area contributed by atoms with E-state index in [0.29, 0.717) is 24.7 Å². The van der Waals surface area contributed by atoms with Crippen molar-refractivity contribution in [2.45, 2.75) is 32.5 Å². The number of hydrogen-bond acceptors (Lipinski definition) is 5. The Balaban J connectivity index is 1.35. The monoisotopic (exact) mass is 392 g/mol. The second kappa shape index (κ2) is 8.80. The van der Waals surface area contributed by atoms with Crippen molar-refractivity contribution in [2.75, 3.05) is 19.8 Å². The van der Waals surface area contributed by atoms with Crippen LogP contribution in [0.25, 0.3) is 0 Å². The predicted octanol–water partition coefficient (Wildman–Crippen LogP) is 3.27. The molecule has 0 aromatic heterocycles. The average molecular weight is 392 g/mol. The van der Waals surface area contributed by atoms with Gasteiger partial charge in [0.05, 0.1) is 19.8 Å². The average Bonchev–Trinajstić information content (AvgIpc) is 3.56. The van der Waals surface area contributed by atoms with Crippen molar-refractivity contribution in [2.24, 2.45) is 5.92 Å². The van der Waals surface area contributed by atoms with Gasteiger partial charge in [0.1, 0.15) is 5.75 Å². The number of benzene rings is 2. The number of aliphatic hydroxyl groups is 1. The third kappa shape index (κ3) is 5.25. The fraction of sp³-hybridized carbons (Fsp3) is 0.375. The maximum Gasteiger partial charge on any atom is 0.177 e. The van der Waals surface area contributed by atoms with Crippen molar-refractivity contribution in [1.82, 2.24) is 10.2 Å². The van der Waals surface area contributed by atoms with E-state index in [2.05, 4.69) is 41.1 Å². The van der Waals surface area contributed by atoms with Gasteiger partial charge in [0.2, 0.25) is 0 Å². The molecule has 5 nitrogen and oxygen atoms in total. The minimum atomic E-state index is -0.0588. The Bertz CT molecular complexity index is 887. The summed E-state index contributed by atoms with van der Waals surface area (Å²) in [5, 5.41) is 12.1. The highest BCUT2D eigenvalue weighted by molar-refractivity contribution is 6.00. The van der Waals surface area contributed by atoms with E-state index in [1.165, 1.54) is 18.4 Å². The minimum Gasteiger partial charge on any atom is -0.493 e. The minimum absolute atomic E-state index is 0.0588. The number of Topliss-reactive ketones (excluding diaryl/α,β-unsaturated/α-hetero) is 1. The van der Waals surface area contributed by atoms with Gasteiger partial charge >= 0.3 is 0 Å². The number of rotatable bonds is 9. The van der Waals surface area contributed by atoms with Gasteiger partial charge < -0.3 is 15.2 Å². The number of hydrogen-bond donors (Lipinski definition) is 2. The maximum atomic E-state index is 12.7. The molecule has 1 heterocycles. The molecule has 5 heteroatoms. The summed E-state index contributed by atoms with van der Waals surface area (Å²) in [4.78, 5) is 14.9. The summed E-state index contributed by atoms with van der Waals surface area (Å²) in [7, 11) is 0. The molecule has 1 saturated carbocycles. The van der Waals surface area contributed by atoms with Gasteiger partial charge in [0.15, 0.2) is 5.78 Å². The molecule has 4 rings (SSSR count). The number of carbonyl (C=O) groups is 1. The van der Waals surface area contributed by atoms with Crippen molar-refractivity contribution >= 4 is 5.78 Å². The molecular weight excluding hydrogens is 364 g/mol. The fourth-order valence-corrected chi connectivity index (χ4v) is 3.54. The summed E-state index contributed by atoms with van der Waals surface area (Å²) in [6.45, 7) is 7.01. The van der Waals surface area contributed by atoms with Crippen LogP contribution in [0, 0.1) is 5.92 Å². The number of carbonyl (C=O) groups excluding carboxylic acids is 1. The van der Waals surface area contributed by atoms with E-state index in [9.17, 15) is 4.79 Å². The lowest BCUT2D eigenvalue weighted by molar-refractivity contribution is 0.0894. The summed E-state index contributed by atoms with van der Waals surface area (Å²) in [6, 6.07) is 14.2. The summed E-state index contributed by atoms with van der Waals surface area (Å²) in [5.41, 5.74) is 4.79. The number of ketones is 1. The molecule has 1 fully saturated rings. The van der Waals surface area contributed by atoms with Crippen molar-refractivity contribution in [3.8, 4) is 5.75 Å². The van der Waals surface area contributed by atoms with Crippen LogP contribution in [-0.4, -0.2) is 35.5 Å². The van der Waals surface area contributed by atoms with Crippen LogP contribution in [0.2, 0.25) is 0 Å². The van der Waals surface area contributed by atoms with Crippen LogP contribution in [0.1, 0.15) is 39.9 Å². The maximum absolute atomic E-state index is 12.7. The SMILES string of the molecule is C=C(CO)NCc1ccc(CN2CC(=O)c3cc(OCC4CC4)ccc3C2)cc1. The number of aliphatic hydroxyl groups excluding tert-OH is 1. The fourth-order valence-electron chi connectivity index (χ4n) is 3.54. The topological polar surface area (TPSA) is 61.8 Å². The van der Waals surface area contributed by atoms with Crippen LogP contribution < -0.4 is 10.1 Å². The second-order valence-electron chi connectivity index (χ2n) is 8.07. The molecule has 0 spiro atoms. The third-order valence-electron chi connectivity index (χ3n) is 5.49. The zero-order valence-electron chi connectivity index (χ0n) is 16.7. The molecule has 1 aliphatic carbocycles. The molecule has 29 heavy (non-hydrogen) atoms. The molecule has 0 atom stereocenters. The summed E-state index contributed by atoms with van der Waals surface area (Å²) >= 11 is 0. The predicted molar refractivity (Wildman–Crippen MR) is 113 cm³/mol. The first-order valence-corrected chi connectivity index (χ1v) is 10.2. The molecule has 0 radical (unpaired) electrons. The molecule has 2 N–H and O–H groups in total. The van der Waals surface area contributed by atoms with E-state index in [1.807, 2.05) is 18.2 Å². The van der Waals surface area contributed by atoms with Gasteiger partial charge in [-0.1, -0.05) is 36.9 Å². The van der Waals surface area contributed by atoms with Crippen molar-refractivity contribution in [3.63, 3.8) is 0 Å². The second-order valence-corrected chi connectivity index (χ2v) is 8.07. The summed E-state index contributed by atoms with van der Waals surface area (Å²) in [6.07, 6.45) is 2.52. The van der Waals surface area contributed by atoms with Gasteiger partial charge in [-0.2, -0.15) is 0 Å². The zero-order valence-corrected chi connectivity index (χ0v) is 16.7. The molecule has 2 aliphatic rings. The molecule has 0 unspecified atom stereocenters. The first-order chi connectivity index (χ1) is 14.1. The Hall–Kier alpha value is -2.63. The zero-order chi connectivity index (χ0) is 20.2. The first-order valence-electron chi connectivity index (χ1n) is 10.2. The van der Waals surface area contributed by atoms with Crippen molar-refractivity contribution in [1.29, 1.82) is 0 Å². The summed E-state index contributed by atoms with van der Waals surface area (Å²) in [5.74, 6) is 1.67. The number of ether oxygens (including phenoxy) is 1. The Labute approximate surface area is 172 Å². The van der Waals surface area contributed by atoms with Crippen LogP contribution in [0.15, 0.2) is 54.7 Å². The number of nitrogens with zero attached hydrogens (tertiary/aromatic N) is 1. The van der Waals surface area contributed by atoms with Gasteiger partial charge in [-0.15, -0.1) is 0 Å². The van der Waals surface area contributed by atoms with E-state index in [-0.39, 0.29) is 12.4 Å². The lowest BCUT2D eigenvalue weighted by atomic mass is 9.97. The van der Waals surface area contributed by atoms with Gasteiger partial charge in [0.25, 0.3) is 0 Å².